The number of halogens is 1. The molecule has 0 atom stereocenters. The van der Waals surface area contributed by atoms with E-state index in [0.29, 0.717) is 15.2 Å². The first-order chi connectivity index (χ1) is 8.96. The van der Waals surface area contributed by atoms with Crippen molar-refractivity contribution in [2.75, 3.05) is 14.1 Å². The summed E-state index contributed by atoms with van der Waals surface area (Å²) in [5.41, 5.74) is 0. The van der Waals surface area contributed by atoms with Gasteiger partial charge >= 0.3 is 0 Å². The van der Waals surface area contributed by atoms with Crippen LogP contribution in [-0.4, -0.2) is 32.9 Å². The Labute approximate surface area is 127 Å². The molecule has 0 aliphatic heterocycles. The largest absolute Gasteiger partial charge is 0.315 e. The predicted octanol–water partition coefficient (Wildman–Crippen LogP) is 2.79. The lowest BCUT2D eigenvalue weighted by Gasteiger charge is -2.23. The van der Waals surface area contributed by atoms with Crippen LogP contribution < -0.4 is 5.32 Å². The molecule has 1 aliphatic carbocycles. The van der Waals surface area contributed by atoms with Crippen molar-refractivity contribution in [3.63, 3.8) is 0 Å². The standard InChI is InChI=1S/C12H19BrN2O2S2/c1-14-8-10-7-11(12(13)18-10)19(16,17)15(2)9-5-3-4-6-9/h7,9,14H,3-6,8H2,1-2H3. The van der Waals surface area contributed by atoms with Crippen molar-refractivity contribution in [1.29, 1.82) is 0 Å². The quantitative estimate of drug-likeness (QED) is 0.871. The van der Waals surface area contributed by atoms with Crippen molar-refractivity contribution in [3.8, 4) is 0 Å². The zero-order valence-electron chi connectivity index (χ0n) is 11.1. The molecular formula is C12H19BrN2O2S2. The highest BCUT2D eigenvalue weighted by molar-refractivity contribution is 9.11. The van der Waals surface area contributed by atoms with Crippen LogP contribution in [0.25, 0.3) is 0 Å². The minimum Gasteiger partial charge on any atom is -0.315 e. The maximum absolute atomic E-state index is 12.6. The molecule has 0 bridgehead atoms. The first-order valence-corrected chi connectivity index (χ1v) is 9.42. The third kappa shape index (κ3) is 3.21. The zero-order valence-corrected chi connectivity index (χ0v) is 14.4. The molecule has 0 radical (unpaired) electrons. The molecule has 1 fully saturated rings. The topological polar surface area (TPSA) is 49.4 Å². The summed E-state index contributed by atoms with van der Waals surface area (Å²) >= 11 is 4.86. The number of thiophene rings is 1. The summed E-state index contributed by atoms with van der Waals surface area (Å²) < 4.78 is 27.5. The second-order valence-electron chi connectivity index (χ2n) is 4.84. The lowest BCUT2D eigenvalue weighted by molar-refractivity contribution is 0.373. The predicted molar refractivity (Wildman–Crippen MR) is 82.0 cm³/mol. The van der Waals surface area contributed by atoms with Crippen molar-refractivity contribution >= 4 is 37.3 Å². The van der Waals surface area contributed by atoms with Gasteiger partial charge in [-0.15, -0.1) is 11.3 Å². The van der Waals surface area contributed by atoms with Gasteiger partial charge in [0.2, 0.25) is 10.0 Å². The van der Waals surface area contributed by atoms with Crippen LogP contribution in [0.5, 0.6) is 0 Å². The first kappa shape index (κ1) is 15.4. The van der Waals surface area contributed by atoms with E-state index >= 15 is 0 Å². The summed E-state index contributed by atoms with van der Waals surface area (Å²) in [6, 6.07) is 1.93. The Morgan fingerprint density at radius 1 is 1.47 bits per heavy atom. The molecule has 108 valence electrons. The summed E-state index contributed by atoms with van der Waals surface area (Å²) in [7, 11) is 0.174. The smallest absolute Gasteiger partial charge is 0.245 e. The number of rotatable bonds is 5. The fourth-order valence-electron chi connectivity index (χ4n) is 2.45. The summed E-state index contributed by atoms with van der Waals surface area (Å²) in [4.78, 5) is 1.42. The van der Waals surface area contributed by atoms with Crippen LogP contribution in [0.15, 0.2) is 14.7 Å². The van der Waals surface area contributed by atoms with Gasteiger partial charge < -0.3 is 5.32 Å². The number of hydrogen-bond acceptors (Lipinski definition) is 4. The van der Waals surface area contributed by atoms with Crippen molar-refractivity contribution in [2.45, 2.75) is 43.2 Å². The van der Waals surface area contributed by atoms with Crippen LogP contribution in [0.1, 0.15) is 30.6 Å². The van der Waals surface area contributed by atoms with Crippen LogP contribution in [0.2, 0.25) is 0 Å². The minimum absolute atomic E-state index is 0.157. The summed E-state index contributed by atoms with van der Waals surface area (Å²) in [6.07, 6.45) is 4.20. The number of hydrogen-bond donors (Lipinski definition) is 1. The van der Waals surface area contributed by atoms with E-state index in [1.807, 2.05) is 7.05 Å². The molecule has 1 N–H and O–H groups in total. The molecule has 1 aromatic heterocycles. The van der Waals surface area contributed by atoms with Gasteiger partial charge in [-0.25, -0.2) is 8.42 Å². The molecule has 2 rings (SSSR count). The molecule has 0 saturated heterocycles. The van der Waals surface area contributed by atoms with Crippen molar-refractivity contribution < 1.29 is 8.42 Å². The van der Waals surface area contributed by atoms with Gasteiger partial charge in [-0.05, 0) is 41.9 Å². The Kier molecular flexibility index (Phi) is 5.05. The van der Waals surface area contributed by atoms with Crippen LogP contribution in [0.4, 0.5) is 0 Å². The third-order valence-corrected chi connectivity index (χ3v) is 7.72. The zero-order chi connectivity index (χ0) is 14.0. The van der Waals surface area contributed by atoms with Gasteiger partial charge in [0.1, 0.15) is 4.90 Å². The normalized spacial score (nSPS) is 17.5. The molecule has 1 heterocycles. The Morgan fingerprint density at radius 2 is 2.11 bits per heavy atom. The maximum Gasteiger partial charge on any atom is 0.245 e. The molecule has 1 aromatic rings. The van der Waals surface area contributed by atoms with Crippen molar-refractivity contribution in [3.05, 3.63) is 14.7 Å². The Balaban J connectivity index is 2.27. The Bertz CT molecular complexity index is 536. The first-order valence-electron chi connectivity index (χ1n) is 6.37. The molecule has 4 nitrogen and oxygen atoms in total. The lowest BCUT2D eigenvalue weighted by atomic mass is 10.3. The number of sulfonamides is 1. The fraction of sp³-hybridized carbons (Fsp3) is 0.667. The van der Waals surface area contributed by atoms with Gasteiger partial charge in [-0.2, -0.15) is 4.31 Å². The van der Waals surface area contributed by atoms with Crippen LogP contribution in [-0.2, 0) is 16.6 Å². The average Bonchev–Trinajstić information content (AvgIpc) is 2.98. The van der Waals surface area contributed by atoms with E-state index in [1.165, 1.54) is 11.3 Å². The van der Waals surface area contributed by atoms with E-state index in [9.17, 15) is 8.42 Å². The van der Waals surface area contributed by atoms with Gasteiger partial charge in [0, 0.05) is 24.5 Å². The van der Waals surface area contributed by atoms with Gasteiger partial charge in [0.05, 0.1) is 3.79 Å². The Hall–Kier alpha value is 0.0500. The number of nitrogens with one attached hydrogen (secondary N) is 1. The molecule has 19 heavy (non-hydrogen) atoms. The average molecular weight is 367 g/mol. The molecule has 0 unspecified atom stereocenters. The monoisotopic (exact) mass is 366 g/mol. The van der Waals surface area contributed by atoms with Gasteiger partial charge in [-0.3, -0.25) is 0 Å². The molecule has 0 amide bonds. The Morgan fingerprint density at radius 3 is 2.68 bits per heavy atom. The fourth-order valence-corrected chi connectivity index (χ4v) is 6.51. The van der Waals surface area contributed by atoms with E-state index in [4.69, 9.17) is 0 Å². The van der Waals surface area contributed by atoms with E-state index in [0.717, 1.165) is 30.6 Å². The molecule has 0 spiro atoms. The van der Waals surface area contributed by atoms with Crippen molar-refractivity contribution in [1.82, 2.24) is 9.62 Å². The summed E-state index contributed by atoms with van der Waals surface area (Å²) in [5, 5.41) is 3.04. The van der Waals surface area contributed by atoms with Gasteiger partial charge in [-0.1, -0.05) is 12.8 Å². The second-order valence-corrected chi connectivity index (χ2v) is 9.26. The van der Waals surface area contributed by atoms with Crippen LogP contribution in [0, 0.1) is 0 Å². The SMILES string of the molecule is CNCc1cc(S(=O)(=O)N(C)C2CCCC2)c(Br)s1. The van der Waals surface area contributed by atoms with Gasteiger partial charge in [0.25, 0.3) is 0 Å². The maximum atomic E-state index is 12.6. The van der Waals surface area contributed by atoms with E-state index < -0.39 is 10.0 Å². The highest BCUT2D eigenvalue weighted by Gasteiger charge is 2.32. The lowest BCUT2D eigenvalue weighted by Crippen LogP contribution is -2.35. The second kappa shape index (κ2) is 6.22. The molecular weight excluding hydrogens is 348 g/mol. The highest BCUT2D eigenvalue weighted by Crippen LogP contribution is 2.35. The van der Waals surface area contributed by atoms with E-state index in [1.54, 1.807) is 17.4 Å². The molecule has 1 aliphatic rings. The molecule has 0 aromatic carbocycles. The molecule has 1 saturated carbocycles. The van der Waals surface area contributed by atoms with Gasteiger partial charge in [0.15, 0.2) is 0 Å². The third-order valence-electron chi connectivity index (χ3n) is 3.55. The van der Waals surface area contributed by atoms with Crippen LogP contribution >= 0.6 is 27.3 Å². The highest BCUT2D eigenvalue weighted by atomic mass is 79.9. The van der Waals surface area contributed by atoms with Crippen LogP contribution in [0.3, 0.4) is 0 Å². The number of nitrogens with zero attached hydrogens (tertiary/aromatic N) is 1. The molecule has 7 heteroatoms. The summed E-state index contributed by atoms with van der Waals surface area (Å²) in [6.45, 7) is 0.686. The summed E-state index contributed by atoms with van der Waals surface area (Å²) in [5.74, 6) is 0. The van der Waals surface area contributed by atoms with Crippen molar-refractivity contribution in [2.24, 2.45) is 0 Å². The minimum atomic E-state index is -3.38. The van der Waals surface area contributed by atoms with E-state index in [2.05, 4.69) is 21.2 Å². The van der Waals surface area contributed by atoms with E-state index in [-0.39, 0.29) is 6.04 Å².